The van der Waals surface area contributed by atoms with E-state index in [1.165, 1.54) is 13.8 Å². The van der Waals surface area contributed by atoms with Crippen molar-refractivity contribution < 1.29 is 57.5 Å². The molecule has 216 valence electrons. The van der Waals surface area contributed by atoms with Crippen molar-refractivity contribution in [3.8, 4) is 0 Å². The standard InChI is InChI=1S/C24H38N2O12/c1-13(28)25-20-19(36-16(4)31)18(35-15(3)30)17(10-33-14(2)29)37-24(20)9-8-23(11-27,12-34-24)26-21(32)38-22(5,6)7/h17-20,27H,8-12H2,1-7H3,(H,25,28)(H,26,32)/t17-,18+,19+,20-,23-,24+/m1/s1. The van der Waals surface area contributed by atoms with Crippen LogP contribution in [0.1, 0.15) is 61.3 Å². The van der Waals surface area contributed by atoms with Gasteiger partial charge in [0.2, 0.25) is 5.91 Å². The number of carbonyl (C=O) groups excluding carboxylic acids is 5. The molecule has 2 rings (SSSR count). The van der Waals surface area contributed by atoms with Gasteiger partial charge in [0.1, 0.15) is 24.4 Å². The van der Waals surface area contributed by atoms with Crippen LogP contribution < -0.4 is 10.6 Å². The molecule has 14 nitrogen and oxygen atoms in total. The minimum Gasteiger partial charge on any atom is -0.463 e. The number of aliphatic hydroxyl groups is 1. The highest BCUT2D eigenvalue weighted by atomic mass is 16.7. The zero-order valence-corrected chi connectivity index (χ0v) is 22.8. The van der Waals surface area contributed by atoms with Crippen molar-refractivity contribution in [3.63, 3.8) is 0 Å². The van der Waals surface area contributed by atoms with Gasteiger partial charge in [-0.15, -0.1) is 0 Å². The fourth-order valence-electron chi connectivity index (χ4n) is 4.39. The predicted molar refractivity (Wildman–Crippen MR) is 127 cm³/mol. The van der Waals surface area contributed by atoms with Gasteiger partial charge in [-0.25, -0.2) is 4.79 Å². The third kappa shape index (κ3) is 8.27. The van der Waals surface area contributed by atoms with Crippen LogP contribution in [0.25, 0.3) is 0 Å². The summed E-state index contributed by atoms with van der Waals surface area (Å²) in [5.41, 5.74) is -2.04. The van der Waals surface area contributed by atoms with E-state index in [-0.39, 0.29) is 26.1 Å². The van der Waals surface area contributed by atoms with Crippen molar-refractivity contribution >= 4 is 29.9 Å². The molecule has 0 saturated carbocycles. The Hall–Kier alpha value is -2.97. The first-order valence-electron chi connectivity index (χ1n) is 12.2. The normalized spacial score (nSPS) is 31.1. The fraction of sp³-hybridized carbons (Fsp3) is 0.792. The molecule has 6 atom stereocenters. The number of hydrogen-bond acceptors (Lipinski definition) is 12. The van der Waals surface area contributed by atoms with Crippen LogP contribution in [-0.4, -0.2) is 96.1 Å². The molecular formula is C24H38N2O12. The van der Waals surface area contributed by atoms with E-state index in [0.717, 1.165) is 13.8 Å². The molecule has 0 aromatic carbocycles. The van der Waals surface area contributed by atoms with Gasteiger partial charge in [-0.1, -0.05) is 0 Å². The Morgan fingerprint density at radius 2 is 1.55 bits per heavy atom. The largest absolute Gasteiger partial charge is 0.463 e. The number of ether oxygens (including phenoxy) is 6. The second kappa shape index (κ2) is 12.3. The van der Waals surface area contributed by atoms with E-state index in [4.69, 9.17) is 28.4 Å². The fourth-order valence-corrected chi connectivity index (χ4v) is 4.39. The number of aliphatic hydroxyl groups excluding tert-OH is 1. The maximum atomic E-state index is 12.4. The smallest absolute Gasteiger partial charge is 0.408 e. The van der Waals surface area contributed by atoms with Crippen molar-refractivity contribution in [1.29, 1.82) is 0 Å². The zero-order valence-electron chi connectivity index (χ0n) is 22.8. The molecular weight excluding hydrogens is 508 g/mol. The summed E-state index contributed by atoms with van der Waals surface area (Å²) in [6, 6.07) is -1.18. The highest BCUT2D eigenvalue weighted by Crippen LogP contribution is 2.42. The topological polar surface area (TPSA) is 185 Å². The average Bonchev–Trinajstić information content (AvgIpc) is 2.76. The van der Waals surface area contributed by atoms with E-state index in [9.17, 15) is 29.1 Å². The molecule has 2 heterocycles. The molecule has 14 heteroatoms. The van der Waals surface area contributed by atoms with Gasteiger partial charge in [0.05, 0.1) is 18.8 Å². The summed E-state index contributed by atoms with van der Waals surface area (Å²) in [6.07, 6.45) is -4.44. The van der Waals surface area contributed by atoms with Crippen LogP contribution in [-0.2, 0) is 47.6 Å². The lowest BCUT2D eigenvalue weighted by atomic mass is 9.81. The average molecular weight is 547 g/mol. The molecule has 38 heavy (non-hydrogen) atoms. The minimum atomic E-state index is -1.68. The highest BCUT2D eigenvalue weighted by Gasteiger charge is 2.61. The van der Waals surface area contributed by atoms with Crippen LogP contribution in [0.2, 0.25) is 0 Å². The van der Waals surface area contributed by atoms with Gasteiger partial charge in [0.15, 0.2) is 18.0 Å². The van der Waals surface area contributed by atoms with Crippen molar-refractivity contribution in [1.82, 2.24) is 10.6 Å². The Bertz CT molecular complexity index is 907. The molecule has 0 aliphatic carbocycles. The molecule has 2 fully saturated rings. The van der Waals surface area contributed by atoms with E-state index in [1.54, 1.807) is 20.8 Å². The van der Waals surface area contributed by atoms with Gasteiger partial charge in [-0.05, 0) is 27.2 Å². The third-order valence-corrected chi connectivity index (χ3v) is 5.87. The Kier molecular flexibility index (Phi) is 10.1. The first-order valence-corrected chi connectivity index (χ1v) is 12.2. The number of hydrogen-bond donors (Lipinski definition) is 3. The number of carbonyl (C=O) groups is 5. The van der Waals surface area contributed by atoms with Crippen molar-refractivity contribution in [3.05, 3.63) is 0 Å². The number of amides is 2. The van der Waals surface area contributed by atoms with Crippen molar-refractivity contribution in [2.75, 3.05) is 19.8 Å². The van der Waals surface area contributed by atoms with Crippen molar-refractivity contribution in [2.45, 2.75) is 103 Å². The summed E-state index contributed by atoms with van der Waals surface area (Å²) in [5.74, 6) is -4.31. The summed E-state index contributed by atoms with van der Waals surface area (Å²) in [7, 11) is 0. The Balaban J connectivity index is 2.45. The van der Waals surface area contributed by atoms with E-state index < -0.39 is 77.8 Å². The molecule has 0 bridgehead atoms. The maximum Gasteiger partial charge on any atom is 0.408 e. The maximum absolute atomic E-state index is 12.4. The van der Waals surface area contributed by atoms with E-state index >= 15 is 0 Å². The molecule has 2 aliphatic heterocycles. The quantitative estimate of drug-likeness (QED) is 0.289. The minimum absolute atomic E-state index is 0.0323. The lowest BCUT2D eigenvalue weighted by Crippen LogP contribution is -2.75. The zero-order chi connectivity index (χ0) is 28.9. The molecule has 1 spiro atoms. The summed E-state index contributed by atoms with van der Waals surface area (Å²) in [4.78, 5) is 60.2. The SMILES string of the molecule is CC(=O)N[C@@H]1[C@@H](OC(C)=O)[C@@H](OC(C)=O)[C@@H](COC(C)=O)O[C@@]12CC[C@](CO)(NC(=O)OC(C)(C)C)CO2. The molecule has 2 saturated heterocycles. The van der Waals surface area contributed by atoms with Crippen LogP contribution in [0.3, 0.4) is 0 Å². The highest BCUT2D eigenvalue weighted by molar-refractivity contribution is 5.74. The molecule has 0 radical (unpaired) electrons. The Labute approximate surface area is 221 Å². The monoisotopic (exact) mass is 546 g/mol. The molecule has 2 amide bonds. The number of nitrogens with one attached hydrogen (secondary N) is 2. The second-order valence-corrected chi connectivity index (χ2v) is 10.5. The number of esters is 3. The van der Waals surface area contributed by atoms with Crippen LogP contribution >= 0.6 is 0 Å². The van der Waals surface area contributed by atoms with Gasteiger partial charge in [0, 0.05) is 34.1 Å². The second-order valence-electron chi connectivity index (χ2n) is 10.5. The van der Waals surface area contributed by atoms with Crippen LogP contribution in [0.15, 0.2) is 0 Å². The summed E-state index contributed by atoms with van der Waals surface area (Å²) in [6.45, 7) is 8.58. The van der Waals surface area contributed by atoms with Crippen LogP contribution in [0, 0.1) is 0 Å². The molecule has 2 aliphatic rings. The van der Waals surface area contributed by atoms with Gasteiger partial charge >= 0.3 is 24.0 Å². The summed E-state index contributed by atoms with van der Waals surface area (Å²) >= 11 is 0. The first kappa shape index (κ1) is 31.2. The summed E-state index contributed by atoms with van der Waals surface area (Å²) < 4.78 is 33.7. The summed E-state index contributed by atoms with van der Waals surface area (Å²) in [5, 5.41) is 15.5. The van der Waals surface area contributed by atoms with Crippen LogP contribution in [0.4, 0.5) is 4.79 Å². The Morgan fingerprint density at radius 3 is 2.00 bits per heavy atom. The predicted octanol–water partition coefficient (Wildman–Crippen LogP) is 0.0789. The number of rotatable bonds is 7. The van der Waals surface area contributed by atoms with Gasteiger partial charge < -0.3 is 44.2 Å². The Morgan fingerprint density at radius 1 is 0.947 bits per heavy atom. The van der Waals surface area contributed by atoms with Crippen LogP contribution in [0.5, 0.6) is 0 Å². The van der Waals surface area contributed by atoms with E-state index in [1.807, 2.05) is 0 Å². The van der Waals surface area contributed by atoms with Gasteiger partial charge in [0.25, 0.3) is 0 Å². The molecule has 0 unspecified atom stereocenters. The number of alkyl carbamates (subject to hydrolysis) is 1. The van der Waals surface area contributed by atoms with Gasteiger partial charge in [-0.3, -0.25) is 19.2 Å². The molecule has 3 N–H and O–H groups in total. The first-order chi connectivity index (χ1) is 17.5. The third-order valence-electron chi connectivity index (χ3n) is 5.87. The lowest BCUT2D eigenvalue weighted by molar-refractivity contribution is -0.355. The van der Waals surface area contributed by atoms with Crippen molar-refractivity contribution in [2.24, 2.45) is 0 Å². The molecule has 0 aromatic rings. The van der Waals surface area contributed by atoms with Gasteiger partial charge in [-0.2, -0.15) is 0 Å². The van der Waals surface area contributed by atoms with E-state index in [0.29, 0.717) is 0 Å². The van der Waals surface area contributed by atoms with E-state index in [2.05, 4.69) is 10.6 Å². The molecule has 0 aromatic heterocycles. The lowest BCUT2D eigenvalue weighted by Gasteiger charge is -2.55.